The van der Waals surface area contributed by atoms with Crippen molar-refractivity contribution in [3.63, 3.8) is 0 Å². The van der Waals surface area contributed by atoms with E-state index in [0.29, 0.717) is 34.8 Å². The van der Waals surface area contributed by atoms with Gasteiger partial charge in [-0.15, -0.1) is 0 Å². The molecule has 4 heteroatoms. The highest BCUT2D eigenvalue weighted by molar-refractivity contribution is 5.85. The number of ether oxygens (including phenoxy) is 2. The average Bonchev–Trinajstić information content (AvgIpc) is 3.51. The van der Waals surface area contributed by atoms with Crippen LogP contribution >= 0.6 is 0 Å². The molecule has 184 valence electrons. The first-order valence-electron chi connectivity index (χ1n) is 14.2. The summed E-state index contributed by atoms with van der Waals surface area (Å²) in [7, 11) is 0. The molecule has 5 heterocycles. The van der Waals surface area contributed by atoms with Crippen molar-refractivity contribution in [1.29, 1.82) is 0 Å². The van der Waals surface area contributed by atoms with Crippen LogP contribution in [0.3, 0.4) is 0 Å². The van der Waals surface area contributed by atoms with Gasteiger partial charge >= 0.3 is 0 Å². The number of hydrogen-bond donors (Lipinski definition) is 0. The van der Waals surface area contributed by atoms with Crippen molar-refractivity contribution in [2.75, 3.05) is 6.61 Å². The topological polar surface area (TPSA) is 38.8 Å². The number of Topliss-reactive ketones (excluding diaryl/α,β-unsaturated/α-hetero) is 1. The molecule has 0 unspecified atom stereocenters. The molecular formula is C29H45NO3. The highest BCUT2D eigenvalue weighted by Gasteiger charge is 2.84. The zero-order valence-electron chi connectivity index (χ0n) is 21.6. The molecule has 5 aliphatic heterocycles. The second-order valence-electron chi connectivity index (χ2n) is 14.3. The van der Waals surface area contributed by atoms with Gasteiger partial charge in [0, 0.05) is 30.5 Å². The Balaban J connectivity index is 1.24. The second-order valence-corrected chi connectivity index (χ2v) is 14.3. The van der Waals surface area contributed by atoms with Gasteiger partial charge in [0.15, 0.2) is 5.79 Å². The van der Waals surface area contributed by atoms with Crippen LogP contribution in [0.5, 0.6) is 0 Å². The zero-order chi connectivity index (χ0) is 23.0. The quantitative estimate of drug-likeness (QED) is 0.531. The first-order chi connectivity index (χ1) is 15.6. The van der Waals surface area contributed by atoms with Crippen LogP contribution in [-0.4, -0.2) is 46.8 Å². The summed E-state index contributed by atoms with van der Waals surface area (Å²) in [4.78, 5) is 17.1. The maximum Gasteiger partial charge on any atom is 0.166 e. The normalized spacial score (nSPS) is 58.4. The van der Waals surface area contributed by atoms with Gasteiger partial charge in [-0.1, -0.05) is 27.2 Å². The van der Waals surface area contributed by atoms with E-state index in [4.69, 9.17) is 9.47 Å². The fraction of sp³-hybridized carbons (Fsp3) is 0.966. The molecule has 10 atom stereocenters. The van der Waals surface area contributed by atoms with E-state index < -0.39 is 11.2 Å². The summed E-state index contributed by atoms with van der Waals surface area (Å²) >= 11 is 0. The fourth-order valence-electron chi connectivity index (χ4n) is 11.5. The molecule has 0 radical (unpaired) electrons. The third kappa shape index (κ3) is 2.30. The highest BCUT2D eigenvalue weighted by atomic mass is 16.7. The van der Waals surface area contributed by atoms with Crippen LogP contribution in [0.1, 0.15) is 105 Å². The van der Waals surface area contributed by atoms with E-state index in [1.165, 1.54) is 44.9 Å². The molecule has 0 aromatic carbocycles. The lowest BCUT2D eigenvalue weighted by atomic mass is 9.46. The zero-order valence-corrected chi connectivity index (χ0v) is 21.6. The lowest BCUT2D eigenvalue weighted by Gasteiger charge is -2.57. The number of rotatable bonds is 5. The van der Waals surface area contributed by atoms with E-state index in [1.807, 2.05) is 6.92 Å². The van der Waals surface area contributed by atoms with Crippen LogP contribution in [0.2, 0.25) is 0 Å². The Bertz CT molecular complexity index is 888. The van der Waals surface area contributed by atoms with Crippen LogP contribution < -0.4 is 0 Å². The molecule has 2 aliphatic carbocycles. The minimum atomic E-state index is -0.469. The van der Waals surface area contributed by atoms with Crippen molar-refractivity contribution >= 4 is 5.78 Å². The molecule has 0 aromatic heterocycles. The van der Waals surface area contributed by atoms with E-state index >= 15 is 0 Å². The third-order valence-electron chi connectivity index (χ3n) is 13.0. The molecule has 7 rings (SSSR count). The molecule has 0 N–H and O–H groups in total. The number of piperidine rings is 1. The molecule has 4 nitrogen and oxygen atoms in total. The van der Waals surface area contributed by atoms with E-state index in [-0.39, 0.29) is 6.10 Å². The average molecular weight is 456 g/mol. The Morgan fingerprint density at radius 1 is 1.03 bits per heavy atom. The molecule has 5 saturated heterocycles. The molecular weight excluding hydrogens is 410 g/mol. The van der Waals surface area contributed by atoms with Crippen molar-refractivity contribution in [3.8, 4) is 0 Å². The summed E-state index contributed by atoms with van der Waals surface area (Å²) in [6.45, 7) is 12.3. The predicted octanol–water partition coefficient (Wildman–Crippen LogP) is 5.73. The minimum absolute atomic E-state index is 0.0393. The Labute approximate surface area is 200 Å². The predicted molar refractivity (Wildman–Crippen MR) is 128 cm³/mol. The first kappa shape index (κ1) is 21.8. The van der Waals surface area contributed by atoms with Gasteiger partial charge in [0.25, 0.3) is 0 Å². The van der Waals surface area contributed by atoms with E-state index in [9.17, 15) is 4.79 Å². The van der Waals surface area contributed by atoms with Crippen molar-refractivity contribution in [3.05, 3.63) is 0 Å². The van der Waals surface area contributed by atoms with Crippen LogP contribution in [0.4, 0.5) is 0 Å². The van der Waals surface area contributed by atoms with E-state index in [0.717, 1.165) is 49.5 Å². The Kier molecular flexibility index (Phi) is 4.26. The van der Waals surface area contributed by atoms with Crippen LogP contribution in [0, 0.1) is 34.0 Å². The Morgan fingerprint density at radius 3 is 2.64 bits per heavy atom. The van der Waals surface area contributed by atoms with Crippen LogP contribution in [-0.2, 0) is 14.3 Å². The van der Waals surface area contributed by atoms with Gasteiger partial charge in [0.1, 0.15) is 5.78 Å². The molecule has 1 spiro atoms. The molecule has 33 heavy (non-hydrogen) atoms. The van der Waals surface area contributed by atoms with Gasteiger partial charge in [-0.3, -0.25) is 9.69 Å². The Hall–Kier alpha value is -0.450. The first-order valence-corrected chi connectivity index (χ1v) is 14.2. The molecule has 7 fully saturated rings. The molecule has 7 aliphatic rings. The minimum Gasteiger partial charge on any atom is -0.349 e. The largest absolute Gasteiger partial charge is 0.349 e. The molecule has 0 amide bonds. The van der Waals surface area contributed by atoms with E-state index in [1.54, 1.807) is 0 Å². The number of carbonyl (C=O) groups excluding carboxylic acids is 1. The van der Waals surface area contributed by atoms with E-state index in [2.05, 4.69) is 32.6 Å². The van der Waals surface area contributed by atoms with Gasteiger partial charge in [0.05, 0.1) is 18.1 Å². The number of ketones is 1. The van der Waals surface area contributed by atoms with Crippen LogP contribution in [0.15, 0.2) is 0 Å². The standard InChI is InChI=1S/C29H45NO3/c1-18(2)19-8-13-26(4)21-9-15-28-12-6-7-20(28)29(26,24(19)30(21)28)16-10-22(31)25(3)17-32-27(5)14-11-23(25)33-27/h18-21,23-24H,6-17H2,1-5H3/t19-,20+,21+,23+,24+,25+,26+,27-,28-,29+/m1/s1. The summed E-state index contributed by atoms with van der Waals surface area (Å²) in [6.07, 6.45) is 13.6. The lowest BCUT2D eigenvalue weighted by molar-refractivity contribution is -0.282. The number of fused-ring (bicyclic) bond motifs is 3. The lowest BCUT2D eigenvalue weighted by Crippen LogP contribution is -2.57. The SMILES string of the molecule is CC(C)[C@H]1CC[C@@]2(C)[C@@H]3CC[C@]45CCC[C@@H]4[C@@]2(CCC(=O)[C@]2(C)CO[C@@]4(C)CC[C@@H]2O4)[C@H]1N35. The molecule has 2 saturated carbocycles. The maximum absolute atomic E-state index is 14.0. The summed E-state index contributed by atoms with van der Waals surface area (Å²) in [5.74, 6) is 2.31. The second kappa shape index (κ2) is 6.45. The van der Waals surface area contributed by atoms with Gasteiger partial charge in [0.2, 0.25) is 0 Å². The fourth-order valence-corrected chi connectivity index (χ4v) is 11.5. The summed E-state index contributed by atoms with van der Waals surface area (Å²) in [6, 6.07) is 1.48. The number of hydrogen-bond acceptors (Lipinski definition) is 4. The van der Waals surface area contributed by atoms with Gasteiger partial charge in [-0.25, -0.2) is 0 Å². The van der Waals surface area contributed by atoms with Gasteiger partial charge in [-0.2, -0.15) is 0 Å². The van der Waals surface area contributed by atoms with Gasteiger partial charge in [-0.05, 0) is 93.8 Å². The highest BCUT2D eigenvalue weighted by Crippen LogP contribution is 2.82. The van der Waals surface area contributed by atoms with Crippen LogP contribution in [0.25, 0.3) is 0 Å². The maximum atomic E-state index is 14.0. The summed E-state index contributed by atoms with van der Waals surface area (Å²) in [5, 5.41) is 0. The van der Waals surface area contributed by atoms with Crippen molar-refractivity contribution < 1.29 is 14.3 Å². The van der Waals surface area contributed by atoms with Crippen molar-refractivity contribution in [2.24, 2.45) is 34.0 Å². The molecule has 0 aromatic rings. The smallest absolute Gasteiger partial charge is 0.166 e. The third-order valence-corrected chi connectivity index (χ3v) is 13.0. The monoisotopic (exact) mass is 455 g/mol. The summed E-state index contributed by atoms with van der Waals surface area (Å²) in [5.41, 5.74) is 0.738. The van der Waals surface area contributed by atoms with Crippen molar-refractivity contribution in [2.45, 2.75) is 135 Å². The number of nitrogens with zero attached hydrogens (tertiary/aromatic N) is 1. The van der Waals surface area contributed by atoms with Crippen molar-refractivity contribution in [1.82, 2.24) is 4.90 Å². The number of carbonyl (C=O) groups is 1. The Morgan fingerprint density at radius 2 is 1.85 bits per heavy atom. The van der Waals surface area contributed by atoms with Gasteiger partial charge < -0.3 is 9.47 Å². The summed E-state index contributed by atoms with van der Waals surface area (Å²) < 4.78 is 12.4. The molecule has 6 bridgehead atoms.